The number of amidine groups is 1. The summed E-state index contributed by atoms with van der Waals surface area (Å²) in [6.45, 7) is 5.01. The second-order valence-electron chi connectivity index (χ2n) is 5.74. The minimum atomic E-state index is 0.239. The molecule has 1 saturated heterocycles. The predicted octanol–water partition coefficient (Wildman–Crippen LogP) is 3.75. The van der Waals surface area contributed by atoms with Gasteiger partial charge in [-0.1, -0.05) is 37.2 Å². The van der Waals surface area contributed by atoms with Gasteiger partial charge in [0.1, 0.15) is 0 Å². The number of hydrogen-bond acceptors (Lipinski definition) is 3. The Kier molecular flexibility index (Phi) is 3.83. The molecule has 1 saturated carbocycles. The largest absolute Gasteiger partial charge is 0.290 e. The number of carbonyl (C=O) groups is 1. The van der Waals surface area contributed by atoms with Crippen molar-refractivity contribution < 1.29 is 4.79 Å². The lowest BCUT2D eigenvalue weighted by atomic mass is 9.84. The third-order valence-corrected chi connectivity index (χ3v) is 5.00. The van der Waals surface area contributed by atoms with Gasteiger partial charge in [-0.2, -0.15) is 0 Å². The van der Waals surface area contributed by atoms with Gasteiger partial charge in [-0.25, -0.2) is 4.99 Å². The van der Waals surface area contributed by atoms with E-state index < -0.39 is 0 Å². The van der Waals surface area contributed by atoms with Crippen LogP contribution in [0.4, 0.5) is 5.69 Å². The maximum atomic E-state index is 12.5. The normalized spacial score (nSPS) is 25.0. The van der Waals surface area contributed by atoms with Crippen LogP contribution in [0, 0.1) is 12.8 Å². The van der Waals surface area contributed by atoms with E-state index in [2.05, 4.69) is 26.0 Å². The number of aliphatic imine (C=N–C) groups is 1. The van der Waals surface area contributed by atoms with Gasteiger partial charge >= 0.3 is 0 Å². The molecule has 106 valence electrons. The molecule has 2 fully saturated rings. The van der Waals surface area contributed by atoms with Crippen LogP contribution in [-0.2, 0) is 4.79 Å². The fraction of sp³-hybridized carbons (Fsp3) is 0.500. The smallest absolute Gasteiger partial charge is 0.231 e. The Bertz CT molecular complexity index is 551. The van der Waals surface area contributed by atoms with Crippen molar-refractivity contribution in [3.8, 4) is 0 Å². The number of nitrogens with zero attached hydrogens (tertiary/aromatic N) is 2. The number of benzene rings is 1. The molecule has 3 rings (SSSR count). The van der Waals surface area contributed by atoms with Gasteiger partial charge < -0.3 is 0 Å². The molecule has 0 bridgehead atoms. The lowest BCUT2D eigenvalue weighted by molar-refractivity contribution is -0.133. The zero-order valence-electron chi connectivity index (χ0n) is 12.0. The molecule has 2 aliphatic rings. The fourth-order valence-electron chi connectivity index (χ4n) is 2.57. The Morgan fingerprint density at radius 2 is 2.20 bits per heavy atom. The van der Waals surface area contributed by atoms with E-state index in [0.717, 1.165) is 30.2 Å². The minimum absolute atomic E-state index is 0.239. The van der Waals surface area contributed by atoms with Crippen molar-refractivity contribution in [3.63, 3.8) is 0 Å². The molecule has 3 nitrogen and oxygen atoms in total. The molecule has 0 spiro atoms. The van der Waals surface area contributed by atoms with Gasteiger partial charge in [0.15, 0.2) is 5.17 Å². The highest BCUT2D eigenvalue weighted by molar-refractivity contribution is 8.14. The Labute approximate surface area is 124 Å². The Balaban J connectivity index is 1.84. The van der Waals surface area contributed by atoms with E-state index in [9.17, 15) is 4.79 Å². The highest BCUT2D eigenvalue weighted by atomic mass is 32.2. The summed E-state index contributed by atoms with van der Waals surface area (Å²) in [5.41, 5.74) is 2.13. The molecule has 4 heteroatoms. The molecule has 1 aromatic carbocycles. The Hall–Kier alpha value is -1.29. The van der Waals surface area contributed by atoms with E-state index in [-0.39, 0.29) is 11.8 Å². The Morgan fingerprint density at radius 3 is 2.85 bits per heavy atom. The summed E-state index contributed by atoms with van der Waals surface area (Å²) in [7, 11) is 0. The summed E-state index contributed by atoms with van der Waals surface area (Å²) in [5.74, 6) is 0.517. The molecule has 20 heavy (non-hydrogen) atoms. The first-order chi connectivity index (χ1) is 9.63. The van der Waals surface area contributed by atoms with E-state index in [1.165, 1.54) is 12.0 Å². The van der Waals surface area contributed by atoms with Crippen LogP contribution in [0.1, 0.15) is 31.7 Å². The second kappa shape index (κ2) is 5.60. The number of rotatable bonds is 2. The van der Waals surface area contributed by atoms with Crippen molar-refractivity contribution in [3.05, 3.63) is 29.8 Å². The SMILES string of the molecule is Cc1cccc(N=C2S[C@H](C)CN2C(=O)C2CCC2)c1. The molecule has 1 aromatic rings. The van der Waals surface area contributed by atoms with Gasteiger partial charge in [0.2, 0.25) is 5.91 Å². The number of carbonyl (C=O) groups excluding carboxylic acids is 1. The van der Waals surface area contributed by atoms with Gasteiger partial charge in [-0.15, -0.1) is 0 Å². The van der Waals surface area contributed by atoms with Crippen LogP contribution in [0.2, 0.25) is 0 Å². The van der Waals surface area contributed by atoms with Gasteiger partial charge in [0.05, 0.1) is 5.69 Å². The van der Waals surface area contributed by atoms with E-state index in [1.807, 2.05) is 17.0 Å². The zero-order valence-corrected chi connectivity index (χ0v) is 12.8. The third-order valence-electron chi connectivity index (χ3n) is 3.92. The third kappa shape index (κ3) is 2.75. The first kappa shape index (κ1) is 13.7. The van der Waals surface area contributed by atoms with E-state index in [1.54, 1.807) is 11.8 Å². The summed E-state index contributed by atoms with van der Waals surface area (Å²) in [4.78, 5) is 19.1. The van der Waals surface area contributed by atoms with Gasteiger partial charge in [-0.3, -0.25) is 9.69 Å². The van der Waals surface area contributed by atoms with Gasteiger partial charge in [0, 0.05) is 17.7 Å². The van der Waals surface area contributed by atoms with Crippen molar-refractivity contribution in [2.75, 3.05) is 6.54 Å². The van der Waals surface area contributed by atoms with Crippen LogP contribution in [0.25, 0.3) is 0 Å². The van der Waals surface area contributed by atoms with Crippen LogP contribution in [-0.4, -0.2) is 27.8 Å². The average Bonchev–Trinajstić information content (AvgIpc) is 2.68. The summed E-state index contributed by atoms with van der Waals surface area (Å²) in [5, 5.41) is 1.31. The first-order valence-corrected chi connectivity index (χ1v) is 8.15. The molecule has 1 amide bonds. The molecule has 1 aliphatic carbocycles. The molecule has 1 heterocycles. The maximum Gasteiger partial charge on any atom is 0.231 e. The van der Waals surface area contributed by atoms with Crippen molar-refractivity contribution in [2.24, 2.45) is 10.9 Å². The lowest BCUT2D eigenvalue weighted by Gasteiger charge is -2.28. The van der Waals surface area contributed by atoms with Crippen LogP contribution in [0.5, 0.6) is 0 Å². The summed E-state index contributed by atoms with van der Waals surface area (Å²) in [6.07, 6.45) is 3.29. The van der Waals surface area contributed by atoms with Crippen LogP contribution in [0.3, 0.4) is 0 Å². The summed E-state index contributed by atoms with van der Waals surface area (Å²) < 4.78 is 0. The molecular weight excluding hydrogens is 268 g/mol. The van der Waals surface area contributed by atoms with E-state index in [4.69, 9.17) is 4.99 Å². The van der Waals surface area contributed by atoms with E-state index >= 15 is 0 Å². The van der Waals surface area contributed by atoms with Crippen molar-refractivity contribution in [2.45, 2.75) is 38.4 Å². The number of aryl methyl sites for hydroxylation is 1. The summed E-state index contributed by atoms with van der Waals surface area (Å²) >= 11 is 1.71. The maximum absolute atomic E-state index is 12.5. The van der Waals surface area contributed by atoms with Crippen molar-refractivity contribution >= 4 is 28.5 Å². The molecule has 1 atom stereocenters. The Morgan fingerprint density at radius 1 is 1.40 bits per heavy atom. The molecule has 1 aliphatic heterocycles. The predicted molar refractivity (Wildman–Crippen MR) is 84.4 cm³/mol. The number of thioether (sulfide) groups is 1. The second-order valence-corrected chi connectivity index (χ2v) is 7.14. The van der Waals surface area contributed by atoms with E-state index in [0.29, 0.717) is 5.25 Å². The van der Waals surface area contributed by atoms with Gasteiger partial charge in [-0.05, 0) is 37.5 Å². The zero-order chi connectivity index (χ0) is 14.1. The lowest BCUT2D eigenvalue weighted by Crippen LogP contribution is -2.39. The summed E-state index contributed by atoms with van der Waals surface area (Å²) in [6, 6.07) is 8.12. The number of hydrogen-bond donors (Lipinski definition) is 0. The average molecular weight is 288 g/mol. The molecule has 0 radical (unpaired) electrons. The fourth-order valence-corrected chi connectivity index (χ4v) is 3.60. The standard InChI is InChI=1S/C16H20N2OS/c1-11-5-3-8-14(9-11)17-16-18(10-12(2)20-16)15(19)13-6-4-7-13/h3,5,8-9,12-13H,4,6-7,10H2,1-2H3/t12-/m1/s1. The minimum Gasteiger partial charge on any atom is -0.290 e. The first-order valence-electron chi connectivity index (χ1n) is 7.27. The van der Waals surface area contributed by atoms with Crippen LogP contribution < -0.4 is 0 Å². The molecule has 0 unspecified atom stereocenters. The topological polar surface area (TPSA) is 32.7 Å². The van der Waals surface area contributed by atoms with Crippen molar-refractivity contribution in [1.29, 1.82) is 0 Å². The molecular formula is C16H20N2OS. The van der Waals surface area contributed by atoms with Gasteiger partial charge in [0.25, 0.3) is 0 Å². The highest BCUT2D eigenvalue weighted by Crippen LogP contribution is 2.34. The highest BCUT2D eigenvalue weighted by Gasteiger charge is 2.36. The monoisotopic (exact) mass is 288 g/mol. The molecule has 0 aromatic heterocycles. The quantitative estimate of drug-likeness (QED) is 0.830. The van der Waals surface area contributed by atoms with Crippen molar-refractivity contribution in [1.82, 2.24) is 4.90 Å². The number of amides is 1. The van der Waals surface area contributed by atoms with Crippen LogP contribution in [0.15, 0.2) is 29.3 Å². The van der Waals surface area contributed by atoms with Crippen LogP contribution >= 0.6 is 11.8 Å². The molecule has 0 N–H and O–H groups in total.